The highest BCUT2D eigenvalue weighted by molar-refractivity contribution is 5.89. The Balaban J connectivity index is 2.58. The fraction of sp³-hybridized carbons (Fsp3) is 0.294. The summed E-state index contributed by atoms with van der Waals surface area (Å²) in [4.78, 5) is 22.8. The molecule has 1 amide bonds. The maximum atomic E-state index is 11.5. The number of nitrogens with one attached hydrogen (secondary N) is 1. The summed E-state index contributed by atoms with van der Waals surface area (Å²) in [7, 11) is 1.54. The molecule has 6 nitrogen and oxygen atoms in total. The molecular weight excluding hydrogens is 298 g/mol. The number of hydrogen-bond acceptors (Lipinski definition) is 5. The number of benzene rings is 1. The summed E-state index contributed by atoms with van der Waals surface area (Å²) in [5, 5.41) is 2.39. The fourth-order valence-electron chi connectivity index (χ4n) is 1.61. The molecule has 0 spiro atoms. The van der Waals surface area contributed by atoms with Crippen LogP contribution < -0.4 is 14.8 Å². The van der Waals surface area contributed by atoms with Gasteiger partial charge in [-0.25, -0.2) is 4.79 Å². The SMILES string of the molecule is C#CCNC(=O)COC(=O)C=Cc1ccc(OCC)c(OC)c1. The molecule has 0 aromatic heterocycles. The van der Waals surface area contributed by atoms with Gasteiger partial charge in [-0.05, 0) is 30.7 Å². The van der Waals surface area contributed by atoms with Crippen LogP contribution >= 0.6 is 0 Å². The zero-order valence-corrected chi connectivity index (χ0v) is 13.1. The lowest BCUT2D eigenvalue weighted by atomic mass is 10.2. The van der Waals surface area contributed by atoms with E-state index in [0.717, 1.165) is 5.56 Å². The van der Waals surface area contributed by atoms with Gasteiger partial charge < -0.3 is 19.5 Å². The smallest absolute Gasteiger partial charge is 0.331 e. The van der Waals surface area contributed by atoms with E-state index in [2.05, 4.69) is 11.2 Å². The number of esters is 1. The number of rotatable bonds is 8. The zero-order valence-electron chi connectivity index (χ0n) is 13.1. The second-order valence-corrected chi connectivity index (χ2v) is 4.27. The van der Waals surface area contributed by atoms with Crippen molar-refractivity contribution >= 4 is 18.0 Å². The van der Waals surface area contributed by atoms with Crippen LogP contribution in [0.15, 0.2) is 24.3 Å². The molecule has 1 aromatic rings. The van der Waals surface area contributed by atoms with Crippen molar-refractivity contribution in [2.75, 3.05) is 26.9 Å². The van der Waals surface area contributed by atoms with Gasteiger partial charge in [0.25, 0.3) is 5.91 Å². The molecule has 23 heavy (non-hydrogen) atoms. The van der Waals surface area contributed by atoms with E-state index in [1.807, 2.05) is 6.92 Å². The maximum Gasteiger partial charge on any atom is 0.331 e. The van der Waals surface area contributed by atoms with E-state index < -0.39 is 11.9 Å². The monoisotopic (exact) mass is 317 g/mol. The average molecular weight is 317 g/mol. The zero-order chi connectivity index (χ0) is 17.1. The van der Waals surface area contributed by atoms with Crippen molar-refractivity contribution in [2.45, 2.75) is 6.92 Å². The minimum absolute atomic E-state index is 0.0954. The van der Waals surface area contributed by atoms with Gasteiger partial charge in [0.05, 0.1) is 20.3 Å². The molecule has 0 aliphatic rings. The van der Waals surface area contributed by atoms with Crippen molar-refractivity contribution < 1.29 is 23.8 Å². The Kier molecular flexibility index (Phi) is 7.79. The molecule has 6 heteroatoms. The highest BCUT2D eigenvalue weighted by atomic mass is 16.5. The number of hydrogen-bond donors (Lipinski definition) is 1. The van der Waals surface area contributed by atoms with Gasteiger partial charge in [0.1, 0.15) is 0 Å². The van der Waals surface area contributed by atoms with Crippen molar-refractivity contribution in [2.24, 2.45) is 0 Å². The van der Waals surface area contributed by atoms with Gasteiger partial charge in [0.2, 0.25) is 0 Å². The summed E-state index contributed by atoms with van der Waals surface area (Å²) in [6, 6.07) is 5.26. The summed E-state index contributed by atoms with van der Waals surface area (Å²) in [6.07, 6.45) is 7.78. The lowest BCUT2D eigenvalue weighted by molar-refractivity contribution is -0.143. The van der Waals surface area contributed by atoms with Crippen LogP contribution in [0.3, 0.4) is 0 Å². The van der Waals surface area contributed by atoms with Gasteiger partial charge in [-0.1, -0.05) is 12.0 Å². The fourth-order valence-corrected chi connectivity index (χ4v) is 1.61. The lowest BCUT2D eigenvalue weighted by Crippen LogP contribution is -2.28. The molecule has 0 fully saturated rings. The molecule has 0 saturated carbocycles. The van der Waals surface area contributed by atoms with Crippen LogP contribution in [0.2, 0.25) is 0 Å². The first-order valence-electron chi connectivity index (χ1n) is 6.96. The Bertz CT molecular complexity index is 616. The van der Waals surface area contributed by atoms with Crippen LogP contribution in [0.5, 0.6) is 11.5 Å². The summed E-state index contributed by atoms with van der Waals surface area (Å²) in [6.45, 7) is 2.12. The molecule has 0 unspecified atom stereocenters. The number of amides is 1. The van der Waals surface area contributed by atoms with Gasteiger partial charge >= 0.3 is 5.97 Å². The van der Waals surface area contributed by atoms with Crippen molar-refractivity contribution in [3.63, 3.8) is 0 Å². The van der Waals surface area contributed by atoms with Gasteiger partial charge in [0, 0.05) is 6.08 Å². The van der Waals surface area contributed by atoms with E-state index in [-0.39, 0.29) is 13.2 Å². The first kappa shape index (κ1) is 18.1. The van der Waals surface area contributed by atoms with E-state index in [1.54, 1.807) is 24.3 Å². The third-order valence-electron chi connectivity index (χ3n) is 2.63. The second-order valence-electron chi connectivity index (χ2n) is 4.27. The van der Waals surface area contributed by atoms with Crippen molar-refractivity contribution in [3.8, 4) is 23.8 Å². The van der Waals surface area contributed by atoms with Crippen LogP contribution in [0.4, 0.5) is 0 Å². The van der Waals surface area contributed by atoms with Gasteiger partial charge in [-0.2, -0.15) is 0 Å². The molecule has 0 saturated heterocycles. The topological polar surface area (TPSA) is 73.9 Å². The van der Waals surface area contributed by atoms with E-state index in [9.17, 15) is 9.59 Å². The molecule has 0 bridgehead atoms. The number of ether oxygens (including phenoxy) is 3. The Morgan fingerprint density at radius 3 is 2.78 bits per heavy atom. The first-order valence-corrected chi connectivity index (χ1v) is 6.96. The second kappa shape index (κ2) is 9.90. The Morgan fingerprint density at radius 1 is 1.35 bits per heavy atom. The summed E-state index contributed by atoms with van der Waals surface area (Å²) >= 11 is 0. The minimum atomic E-state index is -0.631. The minimum Gasteiger partial charge on any atom is -0.493 e. The van der Waals surface area contributed by atoms with Gasteiger partial charge in [-0.15, -0.1) is 6.42 Å². The molecule has 122 valence electrons. The molecule has 1 aromatic carbocycles. The van der Waals surface area contributed by atoms with Crippen LogP contribution in [-0.2, 0) is 14.3 Å². The Hall–Kier alpha value is -2.94. The quantitative estimate of drug-likeness (QED) is 0.446. The third-order valence-corrected chi connectivity index (χ3v) is 2.63. The normalized spacial score (nSPS) is 9.96. The standard InChI is InChI=1S/C17H19NO5/c1-4-10-18-16(19)12-23-17(20)9-7-13-6-8-14(22-5-2)15(11-13)21-3/h1,6-9,11H,5,10,12H2,2-3H3,(H,18,19). The first-order chi connectivity index (χ1) is 11.1. The molecule has 1 N–H and O–H groups in total. The Morgan fingerprint density at radius 2 is 2.13 bits per heavy atom. The summed E-state index contributed by atoms with van der Waals surface area (Å²) in [5.74, 6) is 2.36. The van der Waals surface area contributed by atoms with Crippen molar-refractivity contribution in [1.82, 2.24) is 5.32 Å². The van der Waals surface area contributed by atoms with Gasteiger partial charge in [-0.3, -0.25) is 4.79 Å². The van der Waals surface area contributed by atoms with E-state index >= 15 is 0 Å². The predicted molar refractivity (Wildman–Crippen MR) is 86.0 cm³/mol. The van der Waals surface area contributed by atoms with Crippen LogP contribution in [0, 0.1) is 12.3 Å². The summed E-state index contributed by atoms with van der Waals surface area (Å²) in [5.41, 5.74) is 0.735. The van der Waals surface area contributed by atoms with Crippen LogP contribution in [0.25, 0.3) is 6.08 Å². The molecule has 0 atom stereocenters. The molecule has 0 aliphatic carbocycles. The van der Waals surface area contributed by atoms with E-state index in [4.69, 9.17) is 20.6 Å². The molecule has 0 radical (unpaired) electrons. The number of terminal acetylenes is 1. The van der Waals surface area contributed by atoms with Crippen LogP contribution in [-0.4, -0.2) is 38.7 Å². The Labute approximate surface area is 135 Å². The number of carbonyl (C=O) groups excluding carboxylic acids is 2. The van der Waals surface area contributed by atoms with Gasteiger partial charge in [0.15, 0.2) is 18.1 Å². The predicted octanol–water partition coefficient (Wildman–Crippen LogP) is 1.40. The average Bonchev–Trinajstić information content (AvgIpc) is 2.57. The molecule has 1 rings (SSSR count). The highest BCUT2D eigenvalue weighted by Crippen LogP contribution is 2.28. The number of methoxy groups -OCH3 is 1. The molecule has 0 aliphatic heterocycles. The largest absolute Gasteiger partial charge is 0.493 e. The number of carbonyl (C=O) groups is 2. The molecule has 0 heterocycles. The summed E-state index contributed by atoms with van der Waals surface area (Å²) < 4.78 is 15.4. The molecular formula is C17H19NO5. The highest BCUT2D eigenvalue weighted by Gasteiger charge is 2.06. The van der Waals surface area contributed by atoms with E-state index in [1.165, 1.54) is 13.2 Å². The van der Waals surface area contributed by atoms with Crippen LogP contribution in [0.1, 0.15) is 12.5 Å². The third kappa shape index (κ3) is 6.57. The van der Waals surface area contributed by atoms with E-state index in [0.29, 0.717) is 18.1 Å². The lowest BCUT2D eigenvalue weighted by Gasteiger charge is -2.09. The maximum absolute atomic E-state index is 11.5. The van der Waals surface area contributed by atoms with Crippen molar-refractivity contribution in [1.29, 1.82) is 0 Å². The van der Waals surface area contributed by atoms with Crippen molar-refractivity contribution in [3.05, 3.63) is 29.8 Å².